The quantitative estimate of drug-likeness (QED) is 0.765. The van der Waals surface area contributed by atoms with Crippen LogP contribution < -0.4 is 0 Å². The molecule has 0 bridgehead atoms. The minimum Gasteiger partial charge on any atom is -0.378 e. The molecule has 2 amide bonds. The van der Waals surface area contributed by atoms with E-state index in [1.165, 1.54) is 11.3 Å². The third-order valence-corrected chi connectivity index (χ3v) is 6.44. The first-order chi connectivity index (χ1) is 14.1. The van der Waals surface area contributed by atoms with Crippen LogP contribution in [0.5, 0.6) is 0 Å². The lowest BCUT2D eigenvalue weighted by Gasteiger charge is -2.34. The van der Waals surface area contributed by atoms with E-state index in [1.807, 2.05) is 18.7 Å². The first kappa shape index (κ1) is 19.9. The van der Waals surface area contributed by atoms with Crippen molar-refractivity contribution < 1.29 is 14.3 Å². The Balaban J connectivity index is 1.57. The van der Waals surface area contributed by atoms with Gasteiger partial charge in [0.2, 0.25) is 0 Å². The third-order valence-electron chi connectivity index (χ3n) is 5.53. The number of hydrogen-bond acceptors (Lipinski definition) is 7. The van der Waals surface area contributed by atoms with Crippen molar-refractivity contribution in [2.75, 3.05) is 32.8 Å². The molecule has 0 radical (unpaired) electrons. The van der Waals surface area contributed by atoms with Crippen LogP contribution in [0.25, 0.3) is 0 Å². The molecule has 2 aliphatic rings. The van der Waals surface area contributed by atoms with Crippen LogP contribution in [0.3, 0.4) is 0 Å². The minimum atomic E-state index is -0.177. The minimum absolute atomic E-state index is 0.00979. The standard InChI is InChI=1S/C20H25N5O3S/c1-13-15(19(26)24-7-9-28-10-8-24)11-21-18(23-13)16-5-3-4-6-25(16)20(27)17-14(2)22-12-29-17/h11-12,16H,3-10H2,1-2H3/t16-/m1/s1. The summed E-state index contributed by atoms with van der Waals surface area (Å²) in [5, 5.41) is 0. The number of aryl methyl sites for hydroxylation is 2. The Bertz CT molecular complexity index is 909. The van der Waals surface area contributed by atoms with E-state index in [4.69, 9.17) is 4.74 Å². The second-order valence-electron chi connectivity index (χ2n) is 7.41. The number of carbonyl (C=O) groups excluding carboxylic acids is 2. The Kier molecular flexibility index (Phi) is 5.86. The number of carbonyl (C=O) groups is 2. The molecule has 4 heterocycles. The number of amides is 2. The van der Waals surface area contributed by atoms with Gasteiger partial charge in [0.1, 0.15) is 4.88 Å². The molecule has 1 atom stereocenters. The molecule has 154 valence electrons. The summed E-state index contributed by atoms with van der Waals surface area (Å²) in [6.45, 7) is 6.65. The Morgan fingerprint density at radius 2 is 1.86 bits per heavy atom. The molecule has 2 aromatic heterocycles. The van der Waals surface area contributed by atoms with E-state index < -0.39 is 0 Å². The third kappa shape index (κ3) is 4.02. The first-order valence-corrected chi connectivity index (χ1v) is 10.9. The summed E-state index contributed by atoms with van der Waals surface area (Å²) >= 11 is 1.37. The molecule has 0 aliphatic carbocycles. The van der Waals surface area contributed by atoms with E-state index in [-0.39, 0.29) is 17.9 Å². The van der Waals surface area contributed by atoms with E-state index in [0.717, 1.165) is 25.0 Å². The average molecular weight is 416 g/mol. The van der Waals surface area contributed by atoms with Gasteiger partial charge in [-0.3, -0.25) is 9.59 Å². The van der Waals surface area contributed by atoms with Crippen LogP contribution >= 0.6 is 11.3 Å². The Labute approximate surface area is 173 Å². The summed E-state index contributed by atoms with van der Waals surface area (Å²) in [5.41, 5.74) is 3.63. The number of hydrogen-bond donors (Lipinski definition) is 0. The molecule has 2 aromatic rings. The lowest BCUT2D eigenvalue weighted by atomic mass is 10.0. The number of thiazole rings is 1. The highest BCUT2D eigenvalue weighted by molar-refractivity contribution is 7.11. The van der Waals surface area contributed by atoms with Gasteiger partial charge in [0.15, 0.2) is 5.82 Å². The monoisotopic (exact) mass is 415 g/mol. The van der Waals surface area contributed by atoms with Crippen molar-refractivity contribution in [3.05, 3.63) is 39.4 Å². The van der Waals surface area contributed by atoms with Crippen molar-refractivity contribution in [2.24, 2.45) is 0 Å². The van der Waals surface area contributed by atoms with Crippen LogP contribution in [0, 0.1) is 13.8 Å². The second kappa shape index (κ2) is 8.54. The number of ether oxygens (including phenoxy) is 1. The highest BCUT2D eigenvalue weighted by atomic mass is 32.1. The summed E-state index contributed by atoms with van der Waals surface area (Å²) in [7, 11) is 0. The first-order valence-electron chi connectivity index (χ1n) is 9.98. The average Bonchev–Trinajstić information content (AvgIpc) is 3.19. The lowest BCUT2D eigenvalue weighted by Crippen LogP contribution is -2.41. The number of likely N-dealkylation sites (tertiary alicyclic amines) is 1. The maximum Gasteiger partial charge on any atom is 0.266 e. The highest BCUT2D eigenvalue weighted by Crippen LogP contribution is 2.31. The number of piperidine rings is 1. The van der Waals surface area contributed by atoms with Crippen LogP contribution in [0.1, 0.15) is 62.5 Å². The Morgan fingerprint density at radius 1 is 1.07 bits per heavy atom. The van der Waals surface area contributed by atoms with Gasteiger partial charge in [-0.1, -0.05) is 0 Å². The van der Waals surface area contributed by atoms with Crippen LogP contribution in [0.4, 0.5) is 0 Å². The zero-order chi connectivity index (χ0) is 20.4. The van der Waals surface area contributed by atoms with Crippen molar-refractivity contribution >= 4 is 23.2 Å². The normalized spacial score (nSPS) is 20.0. The Morgan fingerprint density at radius 3 is 2.55 bits per heavy atom. The molecule has 2 fully saturated rings. The van der Waals surface area contributed by atoms with Gasteiger partial charge in [0.05, 0.1) is 41.7 Å². The predicted octanol–water partition coefficient (Wildman–Crippen LogP) is 2.39. The molecule has 2 saturated heterocycles. The summed E-state index contributed by atoms with van der Waals surface area (Å²) in [6.07, 6.45) is 4.42. The fourth-order valence-corrected chi connectivity index (χ4v) is 4.63. The van der Waals surface area contributed by atoms with E-state index in [0.29, 0.717) is 54.8 Å². The molecule has 29 heavy (non-hydrogen) atoms. The van der Waals surface area contributed by atoms with Gasteiger partial charge < -0.3 is 14.5 Å². The molecular weight excluding hydrogens is 390 g/mol. The Hall–Kier alpha value is -2.39. The second-order valence-corrected chi connectivity index (χ2v) is 8.26. The summed E-state index contributed by atoms with van der Waals surface area (Å²) in [6, 6.07) is -0.177. The smallest absolute Gasteiger partial charge is 0.266 e. The van der Waals surface area contributed by atoms with Gasteiger partial charge in [-0.15, -0.1) is 11.3 Å². The molecule has 2 aliphatic heterocycles. The number of morpholine rings is 1. The predicted molar refractivity (Wildman–Crippen MR) is 108 cm³/mol. The van der Waals surface area contributed by atoms with Gasteiger partial charge in [-0.25, -0.2) is 15.0 Å². The molecule has 8 nitrogen and oxygen atoms in total. The maximum absolute atomic E-state index is 13.1. The van der Waals surface area contributed by atoms with E-state index >= 15 is 0 Å². The van der Waals surface area contributed by atoms with Gasteiger partial charge in [0.25, 0.3) is 11.8 Å². The number of aromatic nitrogens is 3. The van der Waals surface area contributed by atoms with Crippen molar-refractivity contribution in [3.63, 3.8) is 0 Å². The fraction of sp³-hybridized carbons (Fsp3) is 0.550. The molecular formula is C20H25N5O3S. The number of nitrogens with zero attached hydrogens (tertiary/aromatic N) is 5. The van der Waals surface area contributed by atoms with Crippen molar-refractivity contribution in [2.45, 2.75) is 39.2 Å². The van der Waals surface area contributed by atoms with E-state index in [2.05, 4.69) is 15.0 Å². The van der Waals surface area contributed by atoms with Gasteiger partial charge in [-0.2, -0.15) is 0 Å². The van der Waals surface area contributed by atoms with Crippen molar-refractivity contribution in [3.8, 4) is 0 Å². The van der Waals surface area contributed by atoms with Crippen LogP contribution in [-0.2, 0) is 4.74 Å². The van der Waals surface area contributed by atoms with Gasteiger partial charge >= 0.3 is 0 Å². The highest BCUT2D eigenvalue weighted by Gasteiger charge is 2.32. The van der Waals surface area contributed by atoms with Crippen molar-refractivity contribution in [1.82, 2.24) is 24.8 Å². The van der Waals surface area contributed by atoms with Crippen LogP contribution in [-0.4, -0.2) is 69.4 Å². The van der Waals surface area contributed by atoms with Crippen molar-refractivity contribution in [1.29, 1.82) is 0 Å². The zero-order valence-corrected chi connectivity index (χ0v) is 17.6. The van der Waals surface area contributed by atoms with E-state index in [1.54, 1.807) is 16.6 Å². The summed E-state index contributed by atoms with van der Waals surface area (Å²) in [4.78, 5) is 43.6. The van der Waals surface area contributed by atoms with Gasteiger partial charge in [-0.05, 0) is 33.1 Å². The number of rotatable bonds is 3. The molecule has 9 heteroatoms. The molecule has 0 aromatic carbocycles. The van der Waals surface area contributed by atoms with Gasteiger partial charge in [0, 0.05) is 25.8 Å². The summed E-state index contributed by atoms with van der Waals surface area (Å²) in [5.74, 6) is 0.537. The largest absolute Gasteiger partial charge is 0.378 e. The zero-order valence-electron chi connectivity index (χ0n) is 16.8. The van der Waals surface area contributed by atoms with Crippen LogP contribution in [0.2, 0.25) is 0 Å². The maximum atomic E-state index is 13.1. The molecule has 4 rings (SSSR count). The topological polar surface area (TPSA) is 88.5 Å². The SMILES string of the molecule is Cc1nc([C@H]2CCCCN2C(=O)c2scnc2C)ncc1C(=O)N1CCOCC1. The molecule has 0 saturated carbocycles. The van der Waals surface area contributed by atoms with E-state index in [9.17, 15) is 9.59 Å². The summed E-state index contributed by atoms with van der Waals surface area (Å²) < 4.78 is 5.32. The lowest BCUT2D eigenvalue weighted by molar-refractivity contribution is 0.0301. The fourth-order valence-electron chi connectivity index (χ4n) is 3.87. The molecule has 0 unspecified atom stereocenters. The van der Waals surface area contributed by atoms with Crippen LogP contribution in [0.15, 0.2) is 11.7 Å². The molecule has 0 N–H and O–H groups in total. The molecule has 0 spiro atoms.